The first-order valence-corrected chi connectivity index (χ1v) is 7.59. The van der Waals surface area contributed by atoms with Crippen LogP contribution in [-0.2, 0) is 0 Å². The molecular formula is C17H34N2. The summed E-state index contributed by atoms with van der Waals surface area (Å²) >= 11 is 0. The van der Waals surface area contributed by atoms with Crippen molar-refractivity contribution >= 4 is 0 Å². The minimum absolute atomic E-state index is 0.981. The van der Waals surface area contributed by atoms with Crippen molar-refractivity contribution in [3.8, 4) is 0 Å². The smallest absolute Gasteiger partial charge is 0.0164 e. The molecule has 0 atom stereocenters. The minimum atomic E-state index is 0.981. The number of nitrogens with one attached hydrogen (secondary N) is 2. The Morgan fingerprint density at radius 2 is 1.42 bits per heavy atom. The molecule has 0 unspecified atom stereocenters. The zero-order valence-corrected chi connectivity index (χ0v) is 13.5. The summed E-state index contributed by atoms with van der Waals surface area (Å²) in [7, 11) is 0. The normalized spacial score (nSPS) is 11.3. The number of hydrogen-bond donors (Lipinski definition) is 2. The molecule has 19 heavy (non-hydrogen) atoms. The standard InChI is InChI=1S/C11H19N.C6H15N/c1-4-6-7-8-11(3)10-12-9-5-2;1-3-5-7-6-4-2/h4,6-8,12H,1,5,9-10H2,2-3H3;7H,3-6H2,1-2H3/b7-6-,11-8+;. The maximum absolute atomic E-state index is 3.60. The molecule has 0 aromatic rings. The summed E-state index contributed by atoms with van der Waals surface area (Å²) in [5.74, 6) is 0. The monoisotopic (exact) mass is 266 g/mol. The SMILES string of the molecule is C=C/C=C\C=C(/C)CNCCC.CCCNCCC. The highest BCUT2D eigenvalue weighted by Gasteiger charge is 1.85. The molecule has 0 aliphatic carbocycles. The van der Waals surface area contributed by atoms with Gasteiger partial charge in [0.2, 0.25) is 0 Å². The van der Waals surface area contributed by atoms with Crippen LogP contribution >= 0.6 is 0 Å². The highest BCUT2D eigenvalue weighted by atomic mass is 14.8. The Hall–Kier alpha value is -0.860. The highest BCUT2D eigenvalue weighted by molar-refractivity contribution is 5.14. The molecule has 2 N–H and O–H groups in total. The Balaban J connectivity index is 0. The maximum Gasteiger partial charge on any atom is 0.0164 e. The molecule has 112 valence electrons. The van der Waals surface area contributed by atoms with Crippen LogP contribution in [-0.4, -0.2) is 26.2 Å². The Morgan fingerprint density at radius 1 is 0.895 bits per heavy atom. The molecule has 0 aromatic carbocycles. The molecule has 0 radical (unpaired) electrons. The van der Waals surface area contributed by atoms with Crippen molar-refractivity contribution in [1.29, 1.82) is 0 Å². The van der Waals surface area contributed by atoms with Crippen LogP contribution in [0.25, 0.3) is 0 Å². The summed E-state index contributed by atoms with van der Waals surface area (Å²) in [6.07, 6.45) is 11.5. The van der Waals surface area contributed by atoms with E-state index in [0.717, 1.165) is 13.1 Å². The van der Waals surface area contributed by atoms with Crippen molar-refractivity contribution in [2.24, 2.45) is 0 Å². The lowest BCUT2D eigenvalue weighted by molar-refractivity contribution is 0.662. The second-order valence-electron chi connectivity index (χ2n) is 4.56. The highest BCUT2D eigenvalue weighted by Crippen LogP contribution is 1.90. The van der Waals surface area contributed by atoms with E-state index in [1.165, 1.54) is 37.9 Å². The fourth-order valence-electron chi connectivity index (χ4n) is 1.30. The number of hydrogen-bond acceptors (Lipinski definition) is 2. The van der Waals surface area contributed by atoms with Gasteiger partial charge < -0.3 is 10.6 Å². The van der Waals surface area contributed by atoms with Gasteiger partial charge in [-0.25, -0.2) is 0 Å². The van der Waals surface area contributed by atoms with Gasteiger partial charge in [-0.2, -0.15) is 0 Å². The fourth-order valence-corrected chi connectivity index (χ4v) is 1.30. The summed E-state index contributed by atoms with van der Waals surface area (Å²) in [5.41, 5.74) is 1.35. The number of allylic oxidation sites excluding steroid dienone is 4. The first-order valence-electron chi connectivity index (χ1n) is 7.59. The Bertz CT molecular complexity index is 225. The molecule has 0 aliphatic heterocycles. The molecular weight excluding hydrogens is 232 g/mol. The van der Waals surface area contributed by atoms with E-state index < -0.39 is 0 Å². The van der Waals surface area contributed by atoms with Gasteiger partial charge in [-0.3, -0.25) is 0 Å². The largest absolute Gasteiger partial charge is 0.317 e. The topological polar surface area (TPSA) is 24.1 Å². The van der Waals surface area contributed by atoms with Gasteiger partial charge >= 0.3 is 0 Å². The van der Waals surface area contributed by atoms with Gasteiger partial charge in [-0.15, -0.1) is 0 Å². The molecule has 0 saturated carbocycles. The third kappa shape index (κ3) is 22.8. The van der Waals surface area contributed by atoms with Crippen molar-refractivity contribution in [2.45, 2.75) is 47.0 Å². The lowest BCUT2D eigenvalue weighted by Gasteiger charge is -2.01. The van der Waals surface area contributed by atoms with Crippen molar-refractivity contribution in [3.63, 3.8) is 0 Å². The van der Waals surface area contributed by atoms with Gasteiger partial charge in [0, 0.05) is 6.54 Å². The molecule has 0 bridgehead atoms. The van der Waals surface area contributed by atoms with E-state index in [1.54, 1.807) is 6.08 Å². The van der Waals surface area contributed by atoms with E-state index in [0.29, 0.717) is 0 Å². The summed E-state index contributed by atoms with van der Waals surface area (Å²) in [5, 5.41) is 6.62. The van der Waals surface area contributed by atoms with Crippen LogP contribution < -0.4 is 10.6 Å². The van der Waals surface area contributed by atoms with Crippen molar-refractivity contribution in [2.75, 3.05) is 26.2 Å². The van der Waals surface area contributed by atoms with E-state index in [1.807, 2.05) is 12.2 Å². The molecule has 2 heteroatoms. The Morgan fingerprint density at radius 3 is 1.89 bits per heavy atom. The second-order valence-corrected chi connectivity index (χ2v) is 4.56. The molecule has 0 rings (SSSR count). The fraction of sp³-hybridized carbons (Fsp3) is 0.647. The van der Waals surface area contributed by atoms with Crippen LogP contribution in [0.1, 0.15) is 47.0 Å². The van der Waals surface area contributed by atoms with Gasteiger partial charge in [0.25, 0.3) is 0 Å². The molecule has 0 heterocycles. The molecule has 0 amide bonds. The third-order valence-electron chi connectivity index (χ3n) is 2.31. The van der Waals surface area contributed by atoms with E-state index >= 15 is 0 Å². The summed E-state index contributed by atoms with van der Waals surface area (Å²) in [4.78, 5) is 0. The molecule has 0 fully saturated rings. The van der Waals surface area contributed by atoms with Crippen LogP contribution in [0.2, 0.25) is 0 Å². The number of rotatable bonds is 10. The van der Waals surface area contributed by atoms with Crippen molar-refractivity contribution < 1.29 is 0 Å². The first-order chi connectivity index (χ1) is 9.22. The van der Waals surface area contributed by atoms with Crippen molar-refractivity contribution in [3.05, 3.63) is 36.5 Å². The first kappa shape index (κ1) is 20.5. The van der Waals surface area contributed by atoms with Crippen LogP contribution in [0, 0.1) is 0 Å². The van der Waals surface area contributed by atoms with Gasteiger partial charge in [-0.1, -0.05) is 57.2 Å². The molecule has 0 aliphatic rings. The predicted octanol–water partition coefficient (Wildman–Crippen LogP) is 4.07. The minimum Gasteiger partial charge on any atom is -0.317 e. The lowest BCUT2D eigenvalue weighted by atomic mass is 10.2. The summed E-state index contributed by atoms with van der Waals surface area (Å²) in [6.45, 7) is 16.7. The van der Waals surface area contributed by atoms with E-state index in [9.17, 15) is 0 Å². The molecule has 0 aromatic heterocycles. The van der Waals surface area contributed by atoms with E-state index in [2.05, 4.69) is 51.0 Å². The summed E-state index contributed by atoms with van der Waals surface area (Å²) in [6, 6.07) is 0. The lowest BCUT2D eigenvalue weighted by Crippen LogP contribution is -2.16. The van der Waals surface area contributed by atoms with E-state index in [4.69, 9.17) is 0 Å². The van der Waals surface area contributed by atoms with Gasteiger partial charge in [0.1, 0.15) is 0 Å². The second kappa shape index (κ2) is 19.5. The predicted molar refractivity (Wildman–Crippen MR) is 89.7 cm³/mol. The Labute approximate surface area is 121 Å². The van der Waals surface area contributed by atoms with Gasteiger partial charge in [-0.05, 0) is 45.8 Å². The van der Waals surface area contributed by atoms with Crippen LogP contribution in [0.4, 0.5) is 0 Å². The third-order valence-corrected chi connectivity index (χ3v) is 2.31. The van der Waals surface area contributed by atoms with Crippen LogP contribution in [0.15, 0.2) is 36.5 Å². The zero-order chi connectivity index (χ0) is 14.8. The molecule has 0 spiro atoms. The van der Waals surface area contributed by atoms with Gasteiger partial charge in [0.15, 0.2) is 0 Å². The zero-order valence-electron chi connectivity index (χ0n) is 13.5. The van der Waals surface area contributed by atoms with Crippen LogP contribution in [0.5, 0.6) is 0 Å². The summed E-state index contributed by atoms with van der Waals surface area (Å²) < 4.78 is 0. The van der Waals surface area contributed by atoms with E-state index in [-0.39, 0.29) is 0 Å². The average Bonchev–Trinajstić information content (AvgIpc) is 2.41. The molecule has 2 nitrogen and oxygen atoms in total. The maximum atomic E-state index is 3.60. The van der Waals surface area contributed by atoms with Gasteiger partial charge in [0.05, 0.1) is 0 Å². The molecule has 0 saturated heterocycles. The quantitative estimate of drug-likeness (QED) is 0.460. The van der Waals surface area contributed by atoms with Crippen molar-refractivity contribution in [1.82, 2.24) is 10.6 Å². The average molecular weight is 266 g/mol. The Kier molecular flexibility index (Phi) is 21.0. The van der Waals surface area contributed by atoms with Crippen LogP contribution in [0.3, 0.4) is 0 Å².